The van der Waals surface area contributed by atoms with E-state index in [9.17, 15) is 13.2 Å². The summed E-state index contributed by atoms with van der Waals surface area (Å²) in [7, 11) is -2.43. The molecule has 2 aromatic rings. The van der Waals surface area contributed by atoms with E-state index in [1.807, 2.05) is 0 Å². The molecule has 0 atom stereocenters. The van der Waals surface area contributed by atoms with Crippen LogP contribution in [0.5, 0.6) is 11.5 Å². The third-order valence-electron chi connectivity index (χ3n) is 5.49. The summed E-state index contributed by atoms with van der Waals surface area (Å²) in [6.45, 7) is 0.373. The number of ether oxygens (including phenoxy) is 2. The van der Waals surface area contributed by atoms with Crippen molar-refractivity contribution < 1.29 is 22.7 Å². The van der Waals surface area contributed by atoms with Gasteiger partial charge < -0.3 is 9.47 Å². The molecule has 1 fully saturated rings. The Morgan fingerprint density at radius 1 is 1.07 bits per heavy atom. The van der Waals surface area contributed by atoms with Crippen LogP contribution in [-0.2, 0) is 10.0 Å². The van der Waals surface area contributed by atoms with Crippen LogP contribution in [0, 0.1) is 0 Å². The molecule has 0 aliphatic carbocycles. The molecule has 1 saturated heterocycles. The molecule has 4 rings (SSSR count). The molecule has 2 heterocycles. The highest BCUT2D eigenvalue weighted by Gasteiger charge is 2.46. The topological polar surface area (TPSA) is 72.9 Å². The minimum Gasteiger partial charge on any atom is -0.495 e. The maximum Gasteiger partial charge on any atom is 0.246 e. The van der Waals surface area contributed by atoms with Crippen molar-refractivity contribution in [2.45, 2.75) is 29.8 Å². The summed E-state index contributed by atoms with van der Waals surface area (Å²) in [6, 6.07) is 7.54. The van der Waals surface area contributed by atoms with E-state index < -0.39 is 15.6 Å². The van der Waals surface area contributed by atoms with E-state index in [-0.39, 0.29) is 41.0 Å². The molecule has 0 aromatic heterocycles. The molecule has 6 nitrogen and oxygen atoms in total. The summed E-state index contributed by atoms with van der Waals surface area (Å²) >= 11 is 18.3. The highest BCUT2D eigenvalue weighted by Crippen LogP contribution is 2.44. The second-order valence-electron chi connectivity index (χ2n) is 7.35. The number of benzene rings is 2. The first-order chi connectivity index (χ1) is 14.1. The molecule has 0 unspecified atom stereocenters. The lowest BCUT2D eigenvalue weighted by molar-refractivity contribution is 0.00597. The molecule has 1 spiro atoms. The number of rotatable bonds is 3. The van der Waals surface area contributed by atoms with Gasteiger partial charge in [-0.25, -0.2) is 8.42 Å². The third kappa shape index (κ3) is 3.78. The van der Waals surface area contributed by atoms with Crippen molar-refractivity contribution in [1.82, 2.24) is 4.31 Å². The lowest BCUT2D eigenvalue weighted by atomic mass is 9.83. The van der Waals surface area contributed by atoms with Gasteiger partial charge in [-0.2, -0.15) is 4.31 Å². The highest BCUT2D eigenvalue weighted by molar-refractivity contribution is 7.89. The van der Waals surface area contributed by atoms with Crippen LogP contribution in [0.25, 0.3) is 0 Å². The maximum atomic E-state index is 13.2. The summed E-state index contributed by atoms with van der Waals surface area (Å²) < 4.78 is 39.1. The predicted molar refractivity (Wildman–Crippen MR) is 115 cm³/mol. The standard InChI is InChI=1S/C20H18Cl3NO5S/c1-28-17-3-2-12(21)10-18(17)30(26,27)24-6-4-20(5-7-24)11-16(25)14-8-13(22)9-15(23)19(14)29-20/h2-3,8-10H,4-7,11H2,1H3. The van der Waals surface area contributed by atoms with Gasteiger partial charge in [-0.1, -0.05) is 34.8 Å². The molecule has 30 heavy (non-hydrogen) atoms. The number of hydrogen-bond acceptors (Lipinski definition) is 5. The lowest BCUT2D eigenvalue weighted by Crippen LogP contribution is -2.52. The number of nitrogens with zero attached hydrogens (tertiary/aromatic N) is 1. The van der Waals surface area contributed by atoms with Crippen LogP contribution in [0.15, 0.2) is 35.2 Å². The number of Topliss-reactive ketones (excluding diaryl/α,β-unsaturated/α-hetero) is 1. The molecule has 2 aromatic carbocycles. The van der Waals surface area contributed by atoms with Gasteiger partial charge in [0.1, 0.15) is 22.0 Å². The van der Waals surface area contributed by atoms with Gasteiger partial charge in [-0.3, -0.25) is 4.79 Å². The Hall–Kier alpha value is -1.51. The Morgan fingerprint density at radius 2 is 1.77 bits per heavy atom. The van der Waals surface area contributed by atoms with Crippen LogP contribution < -0.4 is 9.47 Å². The van der Waals surface area contributed by atoms with E-state index >= 15 is 0 Å². The summed E-state index contributed by atoms with van der Waals surface area (Å²) in [5, 5.41) is 0.931. The fourth-order valence-electron chi connectivity index (χ4n) is 3.92. The van der Waals surface area contributed by atoms with Gasteiger partial charge >= 0.3 is 0 Å². The van der Waals surface area contributed by atoms with Crippen LogP contribution in [0.1, 0.15) is 29.6 Å². The van der Waals surface area contributed by atoms with Crippen LogP contribution >= 0.6 is 34.8 Å². The number of fused-ring (bicyclic) bond motifs is 1. The molecular weight excluding hydrogens is 473 g/mol. The summed E-state index contributed by atoms with van der Waals surface area (Å²) in [4.78, 5) is 12.7. The van der Waals surface area contributed by atoms with Gasteiger partial charge in [0, 0.05) is 36.0 Å². The third-order valence-corrected chi connectivity index (χ3v) is 8.14. The number of sulfonamides is 1. The summed E-state index contributed by atoms with van der Waals surface area (Å²) in [5.74, 6) is 0.417. The number of carbonyl (C=O) groups is 1. The first kappa shape index (κ1) is 21.7. The molecule has 0 radical (unpaired) electrons. The average Bonchev–Trinajstić information content (AvgIpc) is 2.69. The Morgan fingerprint density at radius 3 is 2.43 bits per heavy atom. The smallest absolute Gasteiger partial charge is 0.246 e. The molecular formula is C20H18Cl3NO5S. The highest BCUT2D eigenvalue weighted by atomic mass is 35.5. The molecule has 10 heteroatoms. The minimum absolute atomic E-state index is 0.0112. The molecule has 0 N–H and O–H groups in total. The minimum atomic E-state index is -3.83. The molecule has 0 saturated carbocycles. The van der Waals surface area contributed by atoms with E-state index in [4.69, 9.17) is 44.3 Å². The first-order valence-corrected chi connectivity index (χ1v) is 11.8. The van der Waals surface area contributed by atoms with Crippen molar-refractivity contribution in [3.05, 3.63) is 51.0 Å². The van der Waals surface area contributed by atoms with Crippen molar-refractivity contribution in [3.63, 3.8) is 0 Å². The maximum absolute atomic E-state index is 13.2. The zero-order valence-electron chi connectivity index (χ0n) is 16.0. The van der Waals surface area contributed by atoms with E-state index in [1.54, 1.807) is 12.1 Å². The van der Waals surface area contributed by atoms with Crippen molar-refractivity contribution in [2.75, 3.05) is 20.2 Å². The Bertz CT molecular complexity index is 1130. The number of hydrogen-bond donors (Lipinski definition) is 0. The predicted octanol–water partition coefficient (Wildman–Crippen LogP) is 4.84. The SMILES string of the molecule is COc1ccc(Cl)cc1S(=O)(=O)N1CCC2(CC1)CC(=O)c1cc(Cl)cc(Cl)c1O2. The lowest BCUT2D eigenvalue weighted by Gasteiger charge is -2.43. The fraction of sp³-hybridized carbons (Fsp3) is 0.350. The number of carbonyl (C=O) groups excluding carboxylic acids is 1. The van der Waals surface area contributed by atoms with Crippen LogP contribution in [0.3, 0.4) is 0 Å². The van der Waals surface area contributed by atoms with Gasteiger partial charge in [0.15, 0.2) is 5.78 Å². The molecule has 2 aliphatic rings. The Kier molecular flexibility index (Phi) is 5.70. The van der Waals surface area contributed by atoms with Crippen molar-refractivity contribution in [1.29, 1.82) is 0 Å². The summed E-state index contributed by atoms with van der Waals surface area (Å²) in [5.41, 5.74) is -0.441. The molecule has 0 bridgehead atoms. The Labute approximate surface area is 189 Å². The van der Waals surface area contributed by atoms with E-state index in [1.165, 1.54) is 29.6 Å². The van der Waals surface area contributed by atoms with Crippen molar-refractivity contribution in [2.24, 2.45) is 0 Å². The molecule has 2 aliphatic heterocycles. The van der Waals surface area contributed by atoms with Crippen LogP contribution in [0.4, 0.5) is 0 Å². The van der Waals surface area contributed by atoms with Crippen LogP contribution in [0.2, 0.25) is 15.1 Å². The van der Waals surface area contributed by atoms with Gasteiger partial charge in [0.05, 0.1) is 24.1 Å². The zero-order valence-corrected chi connectivity index (χ0v) is 19.0. The van der Waals surface area contributed by atoms with Gasteiger partial charge in [-0.15, -0.1) is 0 Å². The second kappa shape index (κ2) is 7.88. The van der Waals surface area contributed by atoms with Crippen LogP contribution in [-0.4, -0.2) is 44.3 Å². The van der Waals surface area contributed by atoms with Gasteiger partial charge in [-0.05, 0) is 30.3 Å². The Balaban J connectivity index is 1.58. The zero-order chi connectivity index (χ0) is 21.7. The molecule has 160 valence electrons. The number of ketones is 1. The van der Waals surface area contributed by atoms with E-state index in [0.29, 0.717) is 34.2 Å². The average molecular weight is 491 g/mol. The second-order valence-corrected chi connectivity index (χ2v) is 10.5. The molecule has 0 amide bonds. The quantitative estimate of drug-likeness (QED) is 0.615. The monoisotopic (exact) mass is 489 g/mol. The van der Waals surface area contributed by atoms with Crippen molar-refractivity contribution >= 4 is 50.6 Å². The number of piperidine rings is 1. The first-order valence-electron chi connectivity index (χ1n) is 9.20. The van der Waals surface area contributed by atoms with Crippen molar-refractivity contribution in [3.8, 4) is 11.5 Å². The van der Waals surface area contributed by atoms with Gasteiger partial charge in [0.2, 0.25) is 10.0 Å². The number of methoxy groups -OCH3 is 1. The van der Waals surface area contributed by atoms with E-state index in [0.717, 1.165) is 0 Å². The number of halogens is 3. The normalized spacial score (nSPS) is 18.7. The fourth-order valence-corrected chi connectivity index (χ4v) is 6.31. The largest absolute Gasteiger partial charge is 0.495 e. The summed E-state index contributed by atoms with van der Waals surface area (Å²) in [6.07, 6.45) is 0.837. The van der Waals surface area contributed by atoms with Gasteiger partial charge in [0.25, 0.3) is 0 Å². The van der Waals surface area contributed by atoms with E-state index in [2.05, 4.69) is 0 Å².